The molecule has 0 saturated heterocycles. The zero-order valence-electron chi connectivity index (χ0n) is 9.65. The van der Waals surface area contributed by atoms with Crippen LogP contribution in [0.25, 0.3) is 5.82 Å². The van der Waals surface area contributed by atoms with Gasteiger partial charge in [-0.15, -0.1) is 0 Å². The Morgan fingerprint density at radius 2 is 2.00 bits per heavy atom. The van der Waals surface area contributed by atoms with Gasteiger partial charge in [0.2, 0.25) is 5.82 Å². The van der Waals surface area contributed by atoms with Gasteiger partial charge in [-0.3, -0.25) is 0 Å². The highest BCUT2D eigenvalue weighted by Gasteiger charge is 2.35. The first kappa shape index (κ1) is 12.3. The van der Waals surface area contributed by atoms with E-state index in [1.807, 2.05) is 0 Å². The van der Waals surface area contributed by atoms with Crippen LogP contribution in [0, 0.1) is 6.92 Å². The number of hydrogen-bond acceptors (Lipinski definition) is 4. The van der Waals surface area contributed by atoms with Crippen molar-refractivity contribution in [3.63, 3.8) is 0 Å². The third-order valence-corrected chi connectivity index (χ3v) is 2.17. The number of alkyl halides is 3. The van der Waals surface area contributed by atoms with Crippen LogP contribution in [0.15, 0.2) is 18.5 Å². The highest BCUT2D eigenvalue weighted by atomic mass is 19.4. The first-order valence-electron chi connectivity index (χ1n) is 5.06. The van der Waals surface area contributed by atoms with E-state index >= 15 is 0 Å². The van der Waals surface area contributed by atoms with Gasteiger partial charge in [0, 0.05) is 19.3 Å². The van der Waals surface area contributed by atoms with Crippen molar-refractivity contribution in [1.82, 2.24) is 19.7 Å². The van der Waals surface area contributed by atoms with Crippen molar-refractivity contribution >= 4 is 5.82 Å². The molecular weight excluding hydrogens is 247 g/mol. The normalized spacial score (nSPS) is 11.6. The van der Waals surface area contributed by atoms with Gasteiger partial charge in [-0.2, -0.15) is 18.3 Å². The molecule has 0 fully saturated rings. The topological polar surface area (TPSA) is 55.6 Å². The van der Waals surface area contributed by atoms with Crippen LogP contribution in [-0.2, 0) is 6.18 Å². The van der Waals surface area contributed by atoms with E-state index in [-0.39, 0.29) is 11.6 Å². The lowest BCUT2D eigenvalue weighted by Gasteiger charge is -2.09. The average Bonchev–Trinajstić information content (AvgIpc) is 2.74. The summed E-state index contributed by atoms with van der Waals surface area (Å²) in [5.74, 6) is -1.05. The third-order valence-electron chi connectivity index (χ3n) is 2.17. The molecule has 0 bridgehead atoms. The van der Waals surface area contributed by atoms with E-state index in [1.54, 1.807) is 13.1 Å². The van der Waals surface area contributed by atoms with Gasteiger partial charge in [0.1, 0.15) is 5.82 Å². The summed E-state index contributed by atoms with van der Waals surface area (Å²) in [6.45, 7) is 1.79. The van der Waals surface area contributed by atoms with Gasteiger partial charge in [-0.05, 0) is 12.5 Å². The summed E-state index contributed by atoms with van der Waals surface area (Å²) in [6, 6.07) is 1.39. The smallest absolute Gasteiger partial charge is 0.373 e. The Morgan fingerprint density at radius 1 is 1.28 bits per heavy atom. The standard InChI is InChI=1S/C10H10F3N5/c1-6-4-15-18(5-6)8-3-7(14-2)16-9(17-8)10(11,12)13/h3-5H,1-2H3,(H,14,16,17). The Labute approximate surface area is 101 Å². The number of nitrogens with zero attached hydrogens (tertiary/aromatic N) is 4. The fourth-order valence-corrected chi connectivity index (χ4v) is 1.34. The number of aryl methyl sites for hydroxylation is 1. The highest BCUT2D eigenvalue weighted by molar-refractivity contribution is 5.41. The number of aromatic nitrogens is 4. The van der Waals surface area contributed by atoms with Crippen LogP contribution in [0.4, 0.5) is 19.0 Å². The fraction of sp³-hybridized carbons (Fsp3) is 0.300. The molecular formula is C10H10F3N5. The number of hydrogen-bond donors (Lipinski definition) is 1. The van der Waals surface area contributed by atoms with Crippen molar-refractivity contribution < 1.29 is 13.2 Å². The maximum absolute atomic E-state index is 12.6. The molecule has 0 aromatic carbocycles. The van der Waals surface area contributed by atoms with Crippen molar-refractivity contribution in [2.45, 2.75) is 13.1 Å². The summed E-state index contributed by atoms with van der Waals surface area (Å²) in [4.78, 5) is 6.83. The molecule has 2 rings (SSSR count). The van der Waals surface area contributed by atoms with E-state index in [9.17, 15) is 13.2 Å². The average molecular weight is 257 g/mol. The summed E-state index contributed by atoms with van der Waals surface area (Å²) in [5, 5.41) is 6.48. The van der Waals surface area contributed by atoms with E-state index < -0.39 is 12.0 Å². The van der Waals surface area contributed by atoms with Gasteiger partial charge in [0.15, 0.2) is 5.82 Å². The Balaban J connectivity index is 2.54. The minimum Gasteiger partial charge on any atom is -0.373 e. The first-order valence-corrected chi connectivity index (χ1v) is 5.06. The SMILES string of the molecule is CNc1cc(-n2cc(C)cn2)nc(C(F)(F)F)n1. The zero-order valence-corrected chi connectivity index (χ0v) is 9.65. The highest BCUT2D eigenvalue weighted by Crippen LogP contribution is 2.27. The van der Waals surface area contributed by atoms with Crippen LogP contribution in [-0.4, -0.2) is 26.8 Å². The molecule has 1 N–H and O–H groups in total. The molecule has 0 aliphatic carbocycles. The van der Waals surface area contributed by atoms with Gasteiger partial charge in [0.25, 0.3) is 0 Å². The second-order valence-electron chi connectivity index (χ2n) is 3.65. The third kappa shape index (κ3) is 2.41. The largest absolute Gasteiger partial charge is 0.451 e. The molecule has 0 saturated carbocycles. The molecule has 8 heteroatoms. The predicted molar refractivity (Wildman–Crippen MR) is 58.4 cm³/mol. The first-order chi connectivity index (χ1) is 8.40. The monoisotopic (exact) mass is 257 g/mol. The second kappa shape index (κ2) is 4.28. The summed E-state index contributed by atoms with van der Waals surface area (Å²) in [7, 11) is 1.49. The summed E-state index contributed by atoms with van der Waals surface area (Å²) < 4.78 is 39.1. The Morgan fingerprint density at radius 3 is 2.50 bits per heavy atom. The maximum Gasteiger partial charge on any atom is 0.451 e. The molecule has 5 nitrogen and oxygen atoms in total. The lowest BCUT2D eigenvalue weighted by Crippen LogP contribution is -2.14. The molecule has 0 spiro atoms. The number of halogens is 3. The van der Waals surface area contributed by atoms with Crippen LogP contribution in [0.2, 0.25) is 0 Å². The van der Waals surface area contributed by atoms with E-state index in [0.717, 1.165) is 5.56 Å². The molecule has 18 heavy (non-hydrogen) atoms. The van der Waals surface area contributed by atoms with Gasteiger partial charge in [-0.1, -0.05) is 0 Å². The van der Waals surface area contributed by atoms with Gasteiger partial charge in [0.05, 0.1) is 6.20 Å². The molecule has 2 aromatic rings. The summed E-state index contributed by atoms with van der Waals surface area (Å²) >= 11 is 0. The van der Waals surface area contributed by atoms with Crippen molar-refractivity contribution in [3.8, 4) is 5.82 Å². The number of rotatable bonds is 2. The minimum absolute atomic E-state index is 0.0646. The number of nitrogens with one attached hydrogen (secondary N) is 1. The quantitative estimate of drug-likeness (QED) is 0.894. The molecule has 0 aliphatic rings. The van der Waals surface area contributed by atoms with Crippen LogP contribution in [0.3, 0.4) is 0 Å². The zero-order chi connectivity index (χ0) is 13.3. The van der Waals surface area contributed by atoms with Crippen molar-refractivity contribution in [1.29, 1.82) is 0 Å². The predicted octanol–water partition coefficient (Wildman–Crippen LogP) is 2.03. The van der Waals surface area contributed by atoms with Gasteiger partial charge >= 0.3 is 6.18 Å². The molecule has 0 radical (unpaired) electrons. The van der Waals surface area contributed by atoms with Crippen LogP contribution >= 0.6 is 0 Å². The fourth-order valence-electron chi connectivity index (χ4n) is 1.34. The minimum atomic E-state index is -4.59. The molecule has 0 aliphatic heterocycles. The Bertz CT molecular complexity index is 561. The molecule has 0 atom stereocenters. The van der Waals surface area contributed by atoms with Gasteiger partial charge in [-0.25, -0.2) is 14.6 Å². The molecule has 96 valence electrons. The molecule has 0 amide bonds. The molecule has 2 heterocycles. The lowest BCUT2D eigenvalue weighted by atomic mass is 10.4. The van der Waals surface area contributed by atoms with Crippen molar-refractivity contribution in [2.75, 3.05) is 12.4 Å². The lowest BCUT2D eigenvalue weighted by molar-refractivity contribution is -0.144. The van der Waals surface area contributed by atoms with E-state index in [2.05, 4.69) is 20.4 Å². The summed E-state index contributed by atoms with van der Waals surface area (Å²) in [5.41, 5.74) is 0.827. The van der Waals surface area contributed by atoms with Crippen LogP contribution in [0.5, 0.6) is 0 Å². The van der Waals surface area contributed by atoms with Crippen LogP contribution in [0.1, 0.15) is 11.4 Å². The van der Waals surface area contributed by atoms with Crippen molar-refractivity contribution in [2.24, 2.45) is 0 Å². The van der Waals surface area contributed by atoms with Gasteiger partial charge < -0.3 is 5.32 Å². The maximum atomic E-state index is 12.6. The van der Waals surface area contributed by atoms with E-state index in [0.29, 0.717) is 0 Å². The Hall–Kier alpha value is -2.12. The van der Waals surface area contributed by atoms with E-state index in [1.165, 1.54) is 24.0 Å². The second-order valence-corrected chi connectivity index (χ2v) is 3.65. The molecule has 0 unspecified atom stereocenters. The summed E-state index contributed by atoms with van der Waals surface area (Å²) in [6.07, 6.45) is -1.47. The Kier molecular flexibility index (Phi) is 2.93. The molecule has 2 aromatic heterocycles. The number of anilines is 1. The van der Waals surface area contributed by atoms with Crippen molar-refractivity contribution in [3.05, 3.63) is 29.8 Å². The van der Waals surface area contributed by atoms with E-state index in [4.69, 9.17) is 0 Å². The van der Waals surface area contributed by atoms with Crippen LogP contribution < -0.4 is 5.32 Å².